The molecule has 0 saturated carbocycles. The fourth-order valence-corrected chi connectivity index (χ4v) is 4.19. The fraction of sp³-hybridized carbons (Fsp3) is 0.650. The van der Waals surface area contributed by atoms with Crippen LogP contribution in [0.3, 0.4) is 0 Å². The van der Waals surface area contributed by atoms with Crippen molar-refractivity contribution in [2.75, 3.05) is 19.0 Å². The van der Waals surface area contributed by atoms with E-state index in [9.17, 15) is 9.90 Å². The van der Waals surface area contributed by atoms with Crippen molar-refractivity contribution < 1.29 is 19.7 Å². The van der Waals surface area contributed by atoms with E-state index in [4.69, 9.17) is 9.84 Å². The molecule has 1 rings (SSSR count). The quantitative estimate of drug-likeness (QED) is 0.390. The Morgan fingerprint density at radius 1 is 1.48 bits per heavy atom. The molecule has 0 aromatic heterocycles. The molecule has 0 aromatic rings. The van der Waals surface area contributed by atoms with Crippen LogP contribution in [0.2, 0.25) is 0 Å². The van der Waals surface area contributed by atoms with Crippen LogP contribution < -0.4 is 0 Å². The van der Waals surface area contributed by atoms with Crippen LogP contribution in [-0.2, 0) is 9.53 Å². The minimum Gasteiger partial charge on any atom is -0.480 e. The Labute approximate surface area is 156 Å². The molecule has 2 atom stereocenters. The summed E-state index contributed by atoms with van der Waals surface area (Å²) in [6.07, 6.45) is 10.6. The molecule has 0 unspecified atom stereocenters. The molecule has 0 spiro atoms. The second-order valence-corrected chi connectivity index (χ2v) is 7.69. The fourth-order valence-electron chi connectivity index (χ4n) is 2.95. The Morgan fingerprint density at radius 2 is 2.24 bits per heavy atom. The molecule has 0 saturated heterocycles. The van der Waals surface area contributed by atoms with E-state index < -0.39 is 12.1 Å². The molecular weight excluding hydrogens is 336 g/mol. The predicted molar refractivity (Wildman–Crippen MR) is 105 cm³/mol. The van der Waals surface area contributed by atoms with E-state index in [1.807, 2.05) is 17.8 Å². The van der Waals surface area contributed by atoms with Crippen molar-refractivity contribution in [1.29, 1.82) is 0 Å². The third-order valence-corrected chi connectivity index (χ3v) is 5.61. The molecule has 0 heterocycles. The average molecular weight is 369 g/mol. The van der Waals surface area contributed by atoms with Gasteiger partial charge >= 0.3 is 5.97 Å². The van der Waals surface area contributed by atoms with E-state index in [-0.39, 0.29) is 6.61 Å². The lowest BCUT2D eigenvalue weighted by atomic mass is 10.0. The lowest BCUT2D eigenvalue weighted by Crippen LogP contribution is -2.08. The number of allylic oxidation sites excluding steroid dienone is 4. The third kappa shape index (κ3) is 9.28. The topological polar surface area (TPSA) is 66.8 Å². The normalized spacial score (nSPS) is 19.8. The van der Waals surface area contributed by atoms with Crippen molar-refractivity contribution in [1.82, 2.24) is 0 Å². The monoisotopic (exact) mass is 368 g/mol. The number of ether oxygens (including phenoxy) is 1. The maximum Gasteiger partial charge on any atom is 0.329 e. The lowest BCUT2D eigenvalue weighted by Gasteiger charge is -2.13. The van der Waals surface area contributed by atoms with Gasteiger partial charge in [0, 0.05) is 12.5 Å². The Kier molecular flexibility index (Phi) is 10.9. The third-order valence-electron chi connectivity index (χ3n) is 4.15. The number of rotatable bonds is 12. The molecule has 4 nitrogen and oxygen atoms in total. The number of carboxylic acid groups (broad SMARTS) is 1. The zero-order chi connectivity index (χ0) is 18.7. The van der Waals surface area contributed by atoms with Gasteiger partial charge in [0.15, 0.2) is 0 Å². The van der Waals surface area contributed by atoms with Crippen molar-refractivity contribution in [3.63, 3.8) is 0 Å². The highest BCUT2D eigenvalue weighted by Crippen LogP contribution is 2.40. The first-order valence-corrected chi connectivity index (χ1v) is 10.1. The zero-order valence-corrected chi connectivity index (χ0v) is 16.5. The second kappa shape index (κ2) is 12.3. The zero-order valence-electron chi connectivity index (χ0n) is 15.7. The molecule has 0 aromatic carbocycles. The van der Waals surface area contributed by atoms with Crippen LogP contribution in [0.25, 0.3) is 0 Å². The van der Waals surface area contributed by atoms with Gasteiger partial charge in [0.25, 0.3) is 0 Å². The molecule has 0 radical (unpaired) electrons. The molecule has 2 N–H and O–H groups in total. The second-order valence-electron chi connectivity index (χ2n) is 6.55. The molecule has 0 bridgehead atoms. The van der Waals surface area contributed by atoms with Crippen molar-refractivity contribution in [3.05, 3.63) is 34.3 Å². The maximum absolute atomic E-state index is 10.4. The summed E-state index contributed by atoms with van der Waals surface area (Å²) in [4.78, 5) is 11.8. The van der Waals surface area contributed by atoms with Crippen LogP contribution >= 0.6 is 11.8 Å². The van der Waals surface area contributed by atoms with Crippen molar-refractivity contribution in [3.8, 4) is 0 Å². The van der Waals surface area contributed by atoms with Crippen LogP contribution in [0.4, 0.5) is 0 Å². The highest BCUT2D eigenvalue weighted by atomic mass is 32.2. The summed E-state index contributed by atoms with van der Waals surface area (Å²) >= 11 is 1.84. The van der Waals surface area contributed by atoms with Crippen molar-refractivity contribution in [2.24, 2.45) is 5.92 Å². The first-order valence-electron chi connectivity index (χ1n) is 9.08. The number of carboxylic acids is 1. The first-order chi connectivity index (χ1) is 11.9. The van der Waals surface area contributed by atoms with Crippen LogP contribution in [0.1, 0.15) is 52.9 Å². The van der Waals surface area contributed by atoms with Gasteiger partial charge in [0.2, 0.25) is 0 Å². The van der Waals surface area contributed by atoms with E-state index in [2.05, 4.69) is 32.9 Å². The molecule has 0 fully saturated rings. The lowest BCUT2D eigenvalue weighted by molar-refractivity contribution is -0.142. The highest BCUT2D eigenvalue weighted by molar-refractivity contribution is 8.03. The van der Waals surface area contributed by atoms with Gasteiger partial charge in [-0.05, 0) is 56.6 Å². The van der Waals surface area contributed by atoms with Gasteiger partial charge in [-0.2, -0.15) is 0 Å². The molecule has 142 valence electrons. The molecule has 1 aliphatic carbocycles. The smallest absolute Gasteiger partial charge is 0.329 e. The average Bonchev–Trinajstić information content (AvgIpc) is 2.89. The van der Waals surface area contributed by atoms with E-state index >= 15 is 0 Å². The van der Waals surface area contributed by atoms with Crippen LogP contribution in [0.15, 0.2) is 34.3 Å². The van der Waals surface area contributed by atoms with E-state index in [1.54, 1.807) is 0 Å². The summed E-state index contributed by atoms with van der Waals surface area (Å²) < 4.78 is 5.07. The van der Waals surface area contributed by atoms with E-state index in [1.165, 1.54) is 16.1 Å². The summed E-state index contributed by atoms with van der Waals surface area (Å²) in [5.74, 6) is 0.405. The van der Waals surface area contributed by atoms with Gasteiger partial charge < -0.3 is 14.9 Å². The van der Waals surface area contributed by atoms with Gasteiger partial charge in [-0.1, -0.05) is 36.3 Å². The van der Waals surface area contributed by atoms with Crippen molar-refractivity contribution >= 4 is 17.7 Å². The number of hydrogen-bond donors (Lipinski definition) is 2. The Hall–Kier alpha value is -1.04. The number of hydrogen-bond acceptors (Lipinski definition) is 4. The van der Waals surface area contributed by atoms with Crippen LogP contribution in [0, 0.1) is 5.92 Å². The molecule has 0 aliphatic heterocycles. The number of aliphatic hydroxyl groups is 1. The van der Waals surface area contributed by atoms with Gasteiger partial charge in [-0.3, -0.25) is 0 Å². The van der Waals surface area contributed by atoms with Crippen LogP contribution in [-0.4, -0.2) is 41.3 Å². The van der Waals surface area contributed by atoms with Gasteiger partial charge in [0.05, 0.1) is 6.10 Å². The molecule has 5 heteroatoms. The molecule has 1 aliphatic rings. The Bertz CT molecular complexity index is 508. The Balaban J connectivity index is 2.40. The van der Waals surface area contributed by atoms with E-state index in [0.29, 0.717) is 18.9 Å². The number of aliphatic hydroxyl groups excluding tert-OH is 1. The summed E-state index contributed by atoms with van der Waals surface area (Å²) in [6.45, 7) is 6.61. The maximum atomic E-state index is 10.4. The van der Waals surface area contributed by atoms with Gasteiger partial charge in [0.1, 0.15) is 6.61 Å². The van der Waals surface area contributed by atoms with Crippen LogP contribution in [0.5, 0.6) is 0 Å². The SMILES string of the molecule is CCC=C(C)C[C@H](O)C=C[C@H]1CCC(C)=C1SCCCOCC(=O)O. The minimum absolute atomic E-state index is 0.221. The highest BCUT2D eigenvalue weighted by Gasteiger charge is 2.21. The number of aliphatic carboxylic acids is 1. The minimum atomic E-state index is -0.922. The number of thioether (sulfide) groups is 1. The van der Waals surface area contributed by atoms with Gasteiger partial charge in [-0.15, -0.1) is 11.8 Å². The van der Waals surface area contributed by atoms with E-state index in [0.717, 1.165) is 31.4 Å². The summed E-state index contributed by atoms with van der Waals surface area (Å²) in [6, 6.07) is 0. The van der Waals surface area contributed by atoms with Crippen molar-refractivity contribution in [2.45, 2.75) is 59.0 Å². The summed E-state index contributed by atoms with van der Waals surface area (Å²) in [5, 5.41) is 18.7. The predicted octanol–water partition coefficient (Wildman–Crippen LogP) is 4.56. The largest absolute Gasteiger partial charge is 0.480 e. The summed E-state index contributed by atoms with van der Waals surface area (Å²) in [5.41, 5.74) is 2.66. The number of carbonyl (C=O) groups is 1. The summed E-state index contributed by atoms with van der Waals surface area (Å²) in [7, 11) is 0. The molecule has 0 amide bonds. The molecule has 25 heavy (non-hydrogen) atoms. The Morgan fingerprint density at radius 3 is 2.92 bits per heavy atom. The standard InChI is InChI=1S/C20H32O4S/c1-4-6-15(2)13-18(21)10-9-17-8-7-16(3)20(17)25-12-5-11-24-14-19(22)23/h6,9-10,17-18,21H,4-5,7-8,11-14H2,1-3H3,(H,22,23)/t17-,18-/m1/s1. The first kappa shape index (κ1) is 22.0. The molecular formula is C20H32O4S. The van der Waals surface area contributed by atoms with Gasteiger partial charge in [-0.25, -0.2) is 4.79 Å².